The highest BCUT2D eigenvalue weighted by molar-refractivity contribution is 7.26. The Kier molecular flexibility index (Phi) is 4.66. The van der Waals surface area contributed by atoms with Crippen LogP contribution in [0.2, 0.25) is 0 Å². The molecule has 0 aliphatic carbocycles. The van der Waals surface area contributed by atoms with E-state index in [4.69, 9.17) is 0 Å². The van der Waals surface area contributed by atoms with Crippen molar-refractivity contribution in [3.8, 4) is 0 Å². The normalized spacial score (nSPS) is 12.6. The second kappa shape index (κ2) is 6.73. The van der Waals surface area contributed by atoms with Gasteiger partial charge in [-0.3, -0.25) is 9.59 Å². The van der Waals surface area contributed by atoms with E-state index in [1.807, 2.05) is 45.0 Å². The van der Waals surface area contributed by atoms with Crippen LogP contribution in [0.3, 0.4) is 0 Å². The molecule has 2 aromatic heterocycles. The van der Waals surface area contributed by atoms with Gasteiger partial charge in [-0.15, -0.1) is 11.3 Å². The van der Waals surface area contributed by atoms with Gasteiger partial charge in [0.15, 0.2) is 0 Å². The number of fused-ring (bicyclic) bond motifs is 3. The summed E-state index contributed by atoms with van der Waals surface area (Å²) in [6.07, 6.45) is 1.38. The maximum Gasteiger partial charge on any atom is 0.276 e. The lowest BCUT2D eigenvalue weighted by Gasteiger charge is -2.17. The van der Waals surface area contributed by atoms with E-state index in [1.54, 1.807) is 11.3 Å². The zero-order chi connectivity index (χ0) is 17.3. The predicted octanol–water partition coefficient (Wildman–Crippen LogP) is 3.40. The second-order valence-corrected chi connectivity index (χ2v) is 6.90. The van der Waals surface area contributed by atoms with Crippen molar-refractivity contribution in [2.24, 2.45) is 0 Å². The molecule has 1 N–H and O–H groups in total. The van der Waals surface area contributed by atoms with Crippen LogP contribution in [0.5, 0.6) is 0 Å². The zero-order valence-corrected chi connectivity index (χ0v) is 14.9. The summed E-state index contributed by atoms with van der Waals surface area (Å²) >= 11 is 1.58. The van der Waals surface area contributed by atoms with Gasteiger partial charge in [-0.2, -0.15) is 5.10 Å². The molecule has 5 nitrogen and oxygen atoms in total. The fourth-order valence-corrected chi connectivity index (χ4v) is 4.06. The molecule has 0 fully saturated rings. The van der Waals surface area contributed by atoms with E-state index in [0.717, 1.165) is 26.9 Å². The van der Waals surface area contributed by atoms with Crippen LogP contribution in [0, 0.1) is 6.92 Å². The van der Waals surface area contributed by atoms with E-state index < -0.39 is 6.04 Å². The maximum atomic E-state index is 13.1. The van der Waals surface area contributed by atoms with Crippen molar-refractivity contribution in [1.82, 2.24) is 15.1 Å². The largest absolute Gasteiger partial charge is 0.354 e. The molecule has 0 bridgehead atoms. The van der Waals surface area contributed by atoms with Crippen molar-refractivity contribution in [3.63, 3.8) is 0 Å². The van der Waals surface area contributed by atoms with Gasteiger partial charge in [0, 0.05) is 16.6 Å². The first-order chi connectivity index (χ1) is 11.6. The summed E-state index contributed by atoms with van der Waals surface area (Å²) in [6.45, 7) is 6.39. The van der Waals surface area contributed by atoms with E-state index in [1.165, 1.54) is 4.68 Å². The number of hydrogen-bond donors (Lipinski definition) is 1. The van der Waals surface area contributed by atoms with E-state index >= 15 is 0 Å². The minimum atomic E-state index is -0.578. The summed E-state index contributed by atoms with van der Waals surface area (Å²) in [6, 6.07) is 7.28. The van der Waals surface area contributed by atoms with Crippen molar-refractivity contribution < 1.29 is 4.79 Å². The minimum absolute atomic E-state index is 0.146. The van der Waals surface area contributed by atoms with Crippen LogP contribution >= 0.6 is 11.3 Å². The van der Waals surface area contributed by atoms with Crippen LogP contribution in [0.1, 0.15) is 38.4 Å². The molecule has 0 saturated heterocycles. The lowest BCUT2D eigenvalue weighted by atomic mass is 10.1. The number of aromatic nitrogens is 2. The van der Waals surface area contributed by atoms with Crippen LogP contribution in [-0.4, -0.2) is 22.2 Å². The summed E-state index contributed by atoms with van der Waals surface area (Å²) in [5.74, 6) is -0.146. The molecule has 0 aliphatic heterocycles. The van der Waals surface area contributed by atoms with Gasteiger partial charge in [-0.25, -0.2) is 4.68 Å². The summed E-state index contributed by atoms with van der Waals surface area (Å²) in [4.78, 5) is 25.5. The van der Waals surface area contributed by atoms with Gasteiger partial charge in [-0.05, 0) is 25.8 Å². The summed E-state index contributed by atoms with van der Waals surface area (Å²) in [7, 11) is 0. The van der Waals surface area contributed by atoms with E-state index in [0.29, 0.717) is 18.4 Å². The van der Waals surface area contributed by atoms with Crippen LogP contribution in [-0.2, 0) is 4.79 Å². The van der Waals surface area contributed by atoms with Gasteiger partial charge >= 0.3 is 0 Å². The van der Waals surface area contributed by atoms with Crippen molar-refractivity contribution in [2.45, 2.75) is 39.7 Å². The van der Waals surface area contributed by atoms with Crippen LogP contribution in [0.25, 0.3) is 20.2 Å². The molecule has 3 rings (SSSR count). The second-order valence-electron chi connectivity index (χ2n) is 5.85. The number of nitrogens with one attached hydrogen (secondary N) is 1. The fourth-order valence-electron chi connectivity index (χ4n) is 2.93. The Morgan fingerprint density at radius 1 is 1.33 bits per heavy atom. The Balaban J connectivity index is 2.21. The third-order valence-electron chi connectivity index (χ3n) is 4.14. The molecule has 1 atom stereocenters. The molecular formula is C18H21N3O2S. The molecule has 0 radical (unpaired) electrons. The fraction of sp³-hybridized carbons (Fsp3) is 0.389. The average molecular weight is 343 g/mol. The monoisotopic (exact) mass is 343 g/mol. The van der Waals surface area contributed by atoms with Gasteiger partial charge in [0.25, 0.3) is 5.56 Å². The minimum Gasteiger partial charge on any atom is -0.354 e. The van der Waals surface area contributed by atoms with Gasteiger partial charge in [-0.1, -0.05) is 32.0 Å². The lowest BCUT2D eigenvalue weighted by Crippen LogP contribution is -2.38. The topological polar surface area (TPSA) is 64.0 Å². The molecule has 1 aromatic carbocycles. The van der Waals surface area contributed by atoms with Gasteiger partial charge < -0.3 is 5.32 Å². The number of aryl methyl sites for hydroxylation is 1. The molecule has 2 heterocycles. The van der Waals surface area contributed by atoms with Crippen molar-refractivity contribution >= 4 is 37.4 Å². The molecule has 0 aliphatic rings. The number of thiophene rings is 1. The molecule has 24 heavy (non-hydrogen) atoms. The van der Waals surface area contributed by atoms with E-state index in [2.05, 4.69) is 10.4 Å². The van der Waals surface area contributed by atoms with Crippen molar-refractivity contribution in [3.05, 3.63) is 40.3 Å². The SMILES string of the molecule is CCCNC(=O)[C@H](CC)n1nc(C)c2sc3ccccc3c2c1=O. The van der Waals surface area contributed by atoms with Gasteiger partial charge in [0.2, 0.25) is 5.91 Å². The van der Waals surface area contributed by atoms with Crippen molar-refractivity contribution in [1.29, 1.82) is 0 Å². The highest BCUT2D eigenvalue weighted by Crippen LogP contribution is 2.33. The maximum absolute atomic E-state index is 13.1. The van der Waals surface area contributed by atoms with Crippen molar-refractivity contribution in [2.75, 3.05) is 6.54 Å². The molecule has 0 spiro atoms. The summed E-state index contributed by atoms with van der Waals surface area (Å²) in [5.41, 5.74) is 0.596. The molecule has 6 heteroatoms. The quantitative estimate of drug-likeness (QED) is 0.772. The Bertz CT molecular complexity index is 958. The number of hydrogen-bond acceptors (Lipinski definition) is 4. The Morgan fingerprint density at radius 2 is 2.08 bits per heavy atom. The first-order valence-electron chi connectivity index (χ1n) is 8.26. The molecule has 3 aromatic rings. The lowest BCUT2D eigenvalue weighted by molar-refractivity contribution is -0.124. The van der Waals surface area contributed by atoms with Crippen LogP contribution in [0.4, 0.5) is 0 Å². The Morgan fingerprint density at radius 3 is 2.79 bits per heavy atom. The van der Waals surface area contributed by atoms with Crippen LogP contribution in [0.15, 0.2) is 29.1 Å². The highest BCUT2D eigenvalue weighted by atomic mass is 32.1. The van der Waals surface area contributed by atoms with E-state index in [-0.39, 0.29) is 11.5 Å². The first kappa shape index (κ1) is 16.6. The zero-order valence-electron chi connectivity index (χ0n) is 14.1. The van der Waals surface area contributed by atoms with E-state index in [9.17, 15) is 9.59 Å². The molecular weight excluding hydrogens is 322 g/mol. The Hall–Kier alpha value is -2.21. The summed E-state index contributed by atoms with van der Waals surface area (Å²) < 4.78 is 3.33. The third-order valence-corrected chi connectivity index (χ3v) is 5.42. The standard InChI is InChI=1S/C18H21N3O2S/c1-4-10-19-17(22)13(5-2)21-18(23)15-12-8-6-7-9-14(12)24-16(15)11(3)20-21/h6-9,13H,4-5,10H2,1-3H3,(H,19,22)/t13-/m0/s1. The van der Waals surface area contributed by atoms with Gasteiger partial charge in [0.05, 0.1) is 15.8 Å². The van der Waals surface area contributed by atoms with Crippen LogP contribution < -0.4 is 10.9 Å². The molecule has 0 saturated carbocycles. The molecule has 0 unspecified atom stereocenters. The smallest absolute Gasteiger partial charge is 0.276 e. The number of amides is 1. The first-order valence-corrected chi connectivity index (χ1v) is 9.08. The highest BCUT2D eigenvalue weighted by Gasteiger charge is 2.23. The number of benzene rings is 1. The number of carbonyl (C=O) groups is 1. The molecule has 126 valence electrons. The van der Waals surface area contributed by atoms with Gasteiger partial charge in [0.1, 0.15) is 6.04 Å². The number of carbonyl (C=O) groups excluding carboxylic acids is 1. The number of nitrogens with zero attached hydrogens (tertiary/aromatic N) is 2. The predicted molar refractivity (Wildman–Crippen MR) is 98.8 cm³/mol. The number of rotatable bonds is 5. The summed E-state index contributed by atoms with van der Waals surface area (Å²) in [5, 5.41) is 8.93. The third kappa shape index (κ3) is 2.71. The Labute approximate surface area is 144 Å². The molecule has 1 amide bonds. The average Bonchev–Trinajstić information content (AvgIpc) is 2.98.